The van der Waals surface area contributed by atoms with Gasteiger partial charge in [-0.2, -0.15) is 0 Å². The second-order valence-electron chi connectivity index (χ2n) is 3.79. The first-order chi connectivity index (χ1) is 8.58. The molecule has 19 heavy (non-hydrogen) atoms. The third-order valence-corrected chi connectivity index (χ3v) is 2.50. The standard InChI is InChI=1S/C12H12N4O2.ClH/c13-9-5-6-16(7-11(17)15-12(14)18)10-4-2-1-3-8(9)10;/h1-6,13H,7H2,(H3,14,15,17,18);1H. The molecule has 2 aromatic rings. The summed E-state index contributed by atoms with van der Waals surface area (Å²) in [5, 5.41) is 10.9. The largest absolute Gasteiger partial charge is 0.351 e. The summed E-state index contributed by atoms with van der Waals surface area (Å²) in [6.07, 6.45) is 1.63. The molecule has 3 amide bonds. The van der Waals surface area contributed by atoms with Gasteiger partial charge in [-0.1, -0.05) is 18.2 Å². The Kier molecular flexibility index (Phi) is 4.66. The molecule has 0 aliphatic carbocycles. The quantitative estimate of drug-likeness (QED) is 0.755. The lowest BCUT2D eigenvalue weighted by Crippen LogP contribution is -2.37. The molecule has 0 fully saturated rings. The molecule has 0 saturated carbocycles. The molecule has 6 nitrogen and oxygen atoms in total. The molecule has 0 radical (unpaired) electrons. The van der Waals surface area contributed by atoms with E-state index in [0.29, 0.717) is 5.36 Å². The highest BCUT2D eigenvalue weighted by Crippen LogP contribution is 2.08. The van der Waals surface area contributed by atoms with Crippen molar-refractivity contribution < 1.29 is 9.59 Å². The highest BCUT2D eigenvalue weighted by molar-refractivity contribution is 5.94. The smallest absolute Gasteiger partial charge is 0.318 e. The van der Waals surface area contributed by atoms with E-state index < -0.39 is 11.9 Å². The Labute approximate surface area is 115 Å². The van der Waals surface area contributed by atoms with Crippen LogP contribution in [0.15, 0.2) is 36.5 Å². The Morgan fingerprint density at radius 2 is 1.95 bits per heavy atom. The number of hydrogen-bond acceptors (Lipinski definition) is 3. The Bertz CT molecular complexity index is 681. The van der Waals surface area contributed by atoms with Gasteiger partial charge in [-0.25, -0.2) is 4.79 Å². The number of rotatable bonds is 2. The average Bonchev–Trinajstić information content (AvgIpc) is 2.32. The van der Waals surface area contributed by atoms with Gasteiger partial charge in [-0.3, -0.25) is 10.1 Å². The van der Waals surface area contributed by atoms with Gasteiger partial charge in [0.25, 0.3) is 0 Å². The van der Waals surface area contributed by atoms with Crippen LogP contribution >= 0.6 is 12.4 Å². The van der Waals surface area contributed by atoms with E-state index in [4.69, 9.17) is 11.1 Å². The van der Waals surface area contributed by atoms with Gasteiger partial charge in [-0.05, 0) is 12.1 Å². The molecule has 1 heterocycles. The Hall–Kier alpha value is -2.34. The summed E-state index contributed by atoms with van der Waals surface area (Å²) in [7, 11) is 0. The summed E-state index contributed by atoms with van der Waals surface area (Å²) in [5.74, 6) is -0.490. The van der Waals surface area contributed by atoms with E-state index in [1.165, 1.54) is 0 Å². The van der Waals surface area contributed by atoms with E-state index in [0.717, 1.165) is 10.9 Å². The van der Waals surface area contributed by atoms with E-state index >= 15 is 0 Å². The van der Waals surface area contributed by atoms with Crippen molar-refractivity contribution in [3.05, 3.63) is 41.9 Å². The van der Waals surface area contributed by atoms with Crippen LogP contribution in [-0.4, -0.2) is 16.5 Å². The highest BCUT2D eigenvalue weighted by Gasteiger charge is 2.07. The third kappa shape index (κ3) is 3.32. The summed E-state index contributed by atoms with van der Waals surface area (Å²) in [6, 6.07) is 7.99. The molecular weight excluding hydrogens is 268 g/mol. The number of nitrogens with zero attached hydrogens (tertiary/aromatic N) is 1. The number of pyridine rings is 1. The van der Waals surface area contributed by atoms with E-state index in [1.54, 1.807) is 22.9 Å². The first-order valence-corrected chi connectivity index (χ1v) is 5.30. The monoisotopic (exact) mass is 280 g/mol. The van der Waals surface area contributed by atoms with E-state index in [1.807, 2.05) is 23.5 Å². The lowest BCUT2D eigenvalue weighted by molar-refractivity contribution is -0.120. The van der Waals surface area contributed by atoms with Crippen molar-refractivity contribution in [2.45, 2.75) is 6.54 Å². The summed E-state index contributed by atoms with van der Waals surface area (Å²) in [4.78, 5) is 22.0. The normalized spacial score (nSPS) is 9.68. The number of hydrogen-bond donors (Lipinski definition) is 3. The van der Waals surface area contributed by atoms with Crippen molar-refractivity contribution >= 4 is 35.2 Å². The molecule has 0 aliphatic rings. The van der Waals surface area contributed by atoms with Gasteiger partial charge in [0.05, 0.1) is 10.9 Å². The number of carbonyl (C=O) groups excluding carboxylic acids is 2. The van der Waals surface area contributed by atoms with Gasteiger partial charge in [0.2, 0.25) is 5.91 Å². The molecular formula is C12H13ClN4O2. The fraction of sp³-hybridized carbons (Fsp3) is 0.0833. The summed E-state index contributed by atoms with van der Waals surface area (Å²) < 4.78 is 1.66. The SMILES string of the molecule is Cl.N=c1ccn(CC(=O)NC(N)=O)c2ccccc12. The van der Waals surface area contributed by atoms with Crippen molar-refractivity contribution in [3.63, 3.8) is 0 Å². The zero-order chi connectivity index (χ0) is 13.1. The van der Waals surface area contributed by atoms with E-state index in [-0.39, 0.29) is 19.0 Å². The van der Waals surface area contributed by atoms with E-state index in [2.05, 4.69) is 0 Å². The summed E-state index contributed by atoms with van der Waals surface area (Å²) in [5.41, 5.74) is 5.63. The molecule has 0 bridgehead atoms. The second kappa shape index (κ2) is 6.01. The van der Waals surface area contributed by atoms with Crippen LogP contribution in [0.4, 0.5) is 4.79 Å². The zero-order valence-electron chi connectivity index (χ0n) is 9.92. The predicted octanol–water partition coefficient (Wildman–Crippen LogP) is 0.737. The molecule has 2 rings (SSSR count). The minimum atomic E-state index is -0.873. The molecule has 0 atom stereocenters. The Morgan fingerprint density at radius 1 is 1.26 bits per heavy atom. The van der Waals surface area contributed by atoms with Gasteiger partial charge in [-0.15, -0.1) is 12.4 Å². The van der Waals surface area contributed by atoms with Crippen LogP contribution in [0.2, 0.25) is 0 Å². The van der Waals surface area contributed by atoms with Gasteiger partial charge < -0.3 is 15.7 Å². The van der Waals surface area contributed by atoms with Gasteiger partial charge in [0.1, 0.15) is 6.54 Å². The molecule has 0 unspecified atom stereocenters. The number of imide groups is 1. The van der Waals surface area contributed by atoms with Gasteiger partial charge >= 0.3 is 6.03 Å². The highest BCUT2D eigenvalue weighted by atomic mass is 35.5. The molecule has 100 valence electrons. The zero-order valence-corrected chi connectivity index (χ0v) is 10.7. The number of nitrogens with one attached hydrogen (secondary N) is 2. The van der Waals surface area contributed by atoms with Crippen LogP contribution in [0.1, 0.15) is 0 Å². The van der Waals surface area contributed by atoms with Gasteiger partial charge in [0.15, 0.2) is 0 Å². The van der Waals surface area contributed by atoms with Crippen molar-refractivity contribution in [2.75, 3.05) is 0 Å². The van der Waals surface area contributed by atoms with Crippen LogP contribution in [0.3, 0.4) is 0 Å². The van der Waals surface area contributed by atoms with Gasteiger partial charge in [0, 0.05) is 11.6 Å². The number of urea groups is 1. The summed E-state index contributed by atoms with van der Waals surface area (Å²) >= 11 is 0. The summed E-state index contributed by atoms with van der Waals surface area (Å²) in [6.45, 7) is -0.0241. The maximum Gasteiger partial charge on any atom is 0.318 e. The van der Waals surface area contributed by atoms with Crippen LogP contribution < -0.4 is 16.4 Å². The number of benzene rings is 1. The van der Waals surface area contributed by atoms with Crippen LogP contribution in [-0.2, 0) is 11.3 Å². The minimum absolute atomic E-state index is 0. The molecule has 0 saturated heterocycles. The van der Waals surface area contributed by atoms with Crippen LogP contribution in [0.25, 0.3) is 10.9 Å². The molecule has 1 aromatic carbocycles. The van der Waals surface area contributed by atoms with Crippen molar-refractivity contribution in [2.24, 2.45) is 5.73 Å². The lowest BCUT2D eigenvalue weighted by atomic mass is 10.2. The number of fused-ring (bicyclic) bond motifs is 1. The number of halogens is 1. The van der Waals surface area contributed by atoms with E-state index in [9.17, 15) is 9.59 Å². The predicted molar refractivity (Wildman–Crippen MR) is 72.8 cm³/mol. The van der Waals surface area contributed by atoms with Crippen LogP contribution in [0, 0.1) is 5.41 Å². The number of para-hydroxylation sites is 1. The first-order valence-electron chi connectivity index (χ1n) is 5.30. The Balaban J connectivity index is 0.00000180. The van der Waals surface area contributed by atoms with Crippen molar-refractivity contribution in [3.8, 4) is 0 Å². The number of amides is 3. The number of carbonyl (C=O) groups is 2. The number of primary amides is 1. The molecule has 4 N–H and O–H groups in total. The maximum absolute atomic E-state index is 11.5. The third-order valence-electron chi connectivity index (χ3n) is 2.50. The molecule has 7 heteroatoms. The lowest BCUT2D eigenvalue weighted by Gasteiger charge is -2.10. The topological polar surface area (TPSA) is 101 Å². The first kappa shape index (κ1) is 14.7. The van der Waals surface area contributed by atoms with Crippen molar-refractivity contribution in [1.29, 1.82) is 5.41 Å². The minimum Gasteiger partial charge on any atom is -0.351 e. The number of aromatic nitrogens is 1. The molecule has 1 aromatic heterocycles. The number of nitrogens with two attached hydrogens (primary N) is 1. The average molecular weight is 281 g/mol. The fourth-order valence-corrected chi connectivity index (χ4v) is 1.76. The second-order valence-corrected chi connectivity index (χ2v) is 3.79. The molecule has 0 spiro atoms. The fourth-order valence-electron chi connectivity index (χ4n) is 1.76. The Morgan fingerprint density at radius 3 is 2.63 bits per heavy atom. The molecule has 0 aliphatic heterocycles. The van der Waals surface area contributed by atoms with Crippen LogP contribution in [0.5, 0.6) is 0 Å². The van der Waals surface area contributed by atoms with Crippen molar-refractivity contribution in [1.82, 2.24) is 9.88 Å². The maximum atomic E-state index is 11.5.